The minimum absolute atomic E-state index is 0.0123. The molecule has 0 radical (unpaired) electrons. The van der Waals surface area contributed by atoms with E-state index in [4.69, 9.17) is 9.84 Å². The first-order valence-electron chi connectivity index (χ1n) is 5.86. The summed E-state index contributed by atoms with van der Waals surface area (Å²) in [5.74, 6) is -2.28. The van der Waals surface area contributed by atoms with E-state index >= 15 is 0 Å². The maximum Gasteiger partial charge on any atom is 0.335 e. The third-order valence-electron chi connectivity index (χ3n) is 2.49. The molecule has 104 valence electrons. The highest BCUT2D eigenvalue weighted by Gasteiger charge is 2.10. The zero-order valence-electron chi connectivity index (χ0n) is 10.6. The third kappa shape index (κ3) is 5.05. The van der Waals surface area contributed by atoms with Gasteiger partial charge in [-0.1, -0.05) is 0 Å². The number of ether oxygens (including phenoxy) is 1. The summed E-state index contributed by atoms with van der Waals surface area (Å²) in [5.41, 5.74) is -0.169. The zero-order valence-corrected chi connectivity index (χ0v) is 10.6. The van der Waals surface area contributed by atoms with Gasteiger partial charge in [0.25, 0.3) is 0 Å². The zero-order chi connectivity index (χ0) is 14.3. The molecule has 19 heavy (non-hydrogen) atoms. The molecule has 0 aliphatic rings. The Morgan fingerprint density at radius 2 is 2.11 bits per heavy atom. The Balaban J connectivity index is 2.52. The van der Waals surface area contributed by atoms with E-state index in [2.05, 4.69) is 5.32 Å². The molecule has 6 heteroatoms. The maximum absolute atomic E-state index is 13.5. The Hall–Kier alpha value is -1.95. The SMILES string of the molecule is COCCCCC(=O)Nc1ccc(C(=O)O)cc1F. The van der Waals surface area contributed by atoms with Crippen LogP contribution in [0.5, 0.6) is 0 Å². The second-order valence-corrected chi connectivity index (χ2v) is 4.00. The molecule has 0 heterocycles. The Labute approximate surface area is 110 Å². The number of rotatable bonds is 7. The first kappa shape index (κ1) is 15.1. The Bertz CT molecular complexity index is 462. The van der Waals surface area contributed by atoms with Crippen molar-refractivity contribution >= 4 is 17.6 Å². The summed E-state index contributed by atoms with van der Waals surface area (Å²) in [6.45, 7) is 0.578. The van der Waals surface area contributed by atoms with Crippen molar-refractivity contribution in [3.8, 4) is 0 Å². The lowest BCUT2D eigenvalue weighted by Gasteiger charge is -2.07. The number of carboxylic acids is 1. The van der Waals surface area contributed by atoms with Gasteiger partial charge in [0.2, 0.25) is 5.91 Å². The molecule has 1 aromatic carbocycles. The van der Waals surface area contributed by atoms with Crippen LogP contribution in [-0.2, 0) is 9.53 Å². The van der Waals surface area contributed by atoms with E-state index in [0.29, 0.717) is 13.0 Å². The fourth-order valence-electron chi connectivity index (χ4n) is 1.49. The molecule has 0 aliphatic heterocycles. The average molecular weight is 269 g/mol. The molecule has 1 rings (SSSR count). The van der Waals surface area contributed by atoms with Crippen LogP contribution in [0, 0.1) is 5.82 Å². The molecule has 0 unspecified atom stereocenters. The number of hydrogen-bond acceptors (Lipinski definition) is 3. The normalized spacial score (nSPS) is 10.2. The van der Waals surface area contributed by atoms with E-state index in [1.807, 2.05) is 0 Å². The van der Waals surface area contributed by atoms with Gasteiger partial charge in [0.1, 0.15) is 5.82 Å². The van der Waals surface area contributed by atoms with Crippen LogP contribution in [0.1, 0.15) is 29.6 Å². The molecule has 0 bridgehead atoms. The van der Waals surface area contributed by atoms with Crippen LogP contribution in [0.2, 0.25) is 0 Å². The summed E-state index contributed by atoms with van der Waals surface area (Å²) < 4.78 is 18.4. The van der Waals surface area contributed by atoms with Crippen molar-refractivity contribution in [1.29, 1.82) is 0 Å². The summed E-state index contributed by atoms with van der Waals surface area (Å²) in [7, 11) is 1.58. The van der Waals surface area contributed by atoms with Crippen LogP contribution >= 0.6 is 0 Å². The van der Waals surface area contributed by atoms with Crippen molar-refractivity contribution in [3.63, 3.8) is 0 Å². The number of carbonyl (C=O) groups is 2. The molecule has 0 fully saturated rings. The summed E-state index contributed by atoms with van der Waals surface area (Å²) >= 11 is 0. The van der Waals surface area contributed by atoms with Gasteiger partial charge in [-0.05, 0) is 31.0 Å². The van der Waals surface area contributed by atoms with Gasteiger partial charge in [-0.25, -0.2) is 9.18 Å². The standard InChI is InChI=1S/C13H16FNO4/c1-19-7-3-2-4-12(16)15-11-6-5-9(13(17)18)8-10(11)14/h5-6,8H,2-4,7H2,1H3,(H,15,16)(H,17,18). The van der Waals surface area contributed by atoms with Gasteiger partial charge in [-0.3, -0.25) is 4.79 Å². The van der Waals surface area contributed by atoms with E-state index < -0.39 is 11.8 Å². The number of aromatic carboxylic acids is 1. The van der Waals surface area contributed by atoms with Crippen LogP contribution in [0.25, 0.3) is 0 Å². The van der Waals surface area contributed by atoms with Gasteiger partial charge in [0, 0.05) is 20.1 Å². The summed E-state index contributed by atoms with van der Waals surface area (Å²) in [6, 6.07) is 3.36. The highest BCUT2D eigenvalue weighted by Crippen LogP contribution is 2.16. The second-order valence-electron chi connectivity index (χ2n) is 4.00. The molecule has 0 spiro atoms. The average Bonchev–Trinajstić information content (AvgIpc) is 2.37. The van der Waals surface area contributed by atoms with Gasteiger partial charge in [-0.15, -0.1) is 0 Å². The van der Waals surface area contributed by atoms with Gasteiger partial charge < -0.3 is 15.2 Å². The molecule has 1 aromatic rings. The minimum Gasteiger partial charge on any atom is -0.478 e. The molecule has 0 saturated carbocycles. The summed E-state index contributed by atoms with van der Waals surface area (Å²) in [6.07, 6.45) is 1.67. The fourth-order valence-corrected chi connectivity index (χ4v) is 1.49. The predicted molar refractivity (Wildman–Crippen MR) is 67.7 cm³/mol. The lowest BCUT2D eigenvalue weighted by molar-refractivity contribution is -0.116. The quantitative estimate of drug-likeness (QED) is 0.744. The van der Waals surface area contributed by atoms with Crippen LogP contribution in [0.4, 0.5) is 10.1 Å². The Kier molecular flexibility index (Phi) is 5.95. The lowest BCUT2D eigenvalue weighted by atomic mass is 10.2. The fraction of sp³-hybridized carbons (Fsp3) is 0.385. The first-order chi connectivity index (χ1) is 9.04. The van der Waals surface area contributed by atoms with Crippen molar-refractivity contribution in [2.24, 2.45) is 0 Å². The largest absolute Gasteiger partial charge is 0.478 e. The van der Waals surface area contributed by atoms with Crippen molar-refractivity contribution in [2.45, 2.75) is 19.3 Å². The number of benzene rings is 1. The highest BCUT2D eigenvalue weighted by atomic mass is 19.1. The predicted octanol–water partition coefficient (Wildman–Crippen LogP) is 2.28. The summed E-state index contributed by atoms with van der Waals surface area (Å²) in [5, 5.41) is 11.1. The number of amides is 1. The first-order valence-corrected chi connectivity index (χ1v) is 5.86. The van der Waals surface area contributed by atoms with E-state index in [0.717, 1.165) is 12.5 Å². The topological polar surface area (TPSA) is 75.6 Å². The summed E-state index contributed by atoms with van der Waals surface area (Å²) in [4.78, 5) is 22.1. The van der Waals surface area contributed by atoms with Crippen molar-refractivity contribution < 1.29 is 23.8 Å². The molecular formula is C13H16FNO4. The molecular weight excluding hydrogens is 253 g/mol. The number of halogens is 1. The smallest absolute Gasteiger partial charge is 0.335 e. The van der Waals surface area contributed by atoms with Crippen molar-refractivity contribution in [3.05, 3.63) is 29.6 Å². The van der Waals surface area contributed by atoms with E-state index in [1.165, 1.54) is 12.1 Å². The highest BCUT2D eigenvalue weighted by molar-refractivity contribution is 5.92. The van der Waals surface area contributed by atoms with Crippen LogP contribution in [-0.4, -0.2) is 30.7 Å². The van der Waals surface area contributed by atoms with Crippen LogP contribution in [0.3, 0.4) is 0 Å². The van der Waals surface area contributed by atoms with Gasteiger partial charge >= 0.3 is 5.97 Å². The number of carboxylic acid groups (broad SMARTS) is 1. The van der Waals surface area contributed by atoms with Gasteiger partial charge in [0.05, 0.1) is 11.3 Å². The molecule has 0 aliphatic carbocycles. The monoisotopic (exact) mass is 269 g/mol. The number of anilines is 1. The second kappa shape index (κ2) is 7.48. The van der Waals surface area contributed by atoms with Crippen molar-refractivity contribution in [2.75, 3.05) is 19.0 Å². The van der Waals surface area contributed by atoms with E-state index in [-0.39, 0.29) is 23.6 Å². The number of unbranched alkanes of at least 4 members (excludes halogenated alkanes) is 1. The molecule has 0 aromatic heterocycles. The van der Waals surface area contributed by atoms with Crippen LogP contribution in [0.15, 0.2) is 18.2 Å². The van der Waals surface area contributed by atoms with Gasteiger partial charge in [-0.2, -0.15) is 0 Å². The number of methoxy groups -OCH3 is 1. The molecule has 2 N–H and O–H groups in total. The Morgan fingerprint density at radius 3 is 2.68 bits per heavy atom. The van der Waals surface area contributed by atoms with Crippen molar-refractivity contribution in [1.82, 2.24) is 0 Å². The van der Waals surface area contributed by atoms with Crippen LogP contribution < -0.4 is 5.32 Å². The maximum atomic E-state index is 13.5. The lowest BCUT2D eigenvalue weighted by Crippen LogP contribution is -2.13. The number of carbonyl (C=O) groups excluding carboxylic acids is 1. The number of hydrogen-bond donors (Lipinski definition) is 2. The molecule has 0 saturated heterocycles. The molecule has 1 amide bonds. The van der Waals surface area contributed by atoms with E-state index in [9.17, 15) is 14.0 Å². The third-order valence-corrected chi connectivity index (χ3v) is 2.49. The minimum atomic E-state index is -1.21. The number of nitrogens with one attached hydrogen (secondary N) is 1. The molecule has 0 atom stereocenters. The van der Waals surface area contributed by atoms with E-state index in [1.54, 1.807) is 7.11 Å². The molecule has 5 nitrogen and oxygen atoms in total. The Morgan fingerprint density at radius 1 is 1.37 bits per heavy atom. The van der Waals surface area contributed by atoms with Gasteiger partial charge in [0.15, 0.2) is 0 Å².